The summed E-state index contributed by atoms with van der Waals surface area (Å²) >= 11 is 6.24. The van der Waals surface area contributed by atoms with Crippen molar-refractivity contribution in [1.29, 1.82) is 0 Å². The van der Waals surface area contributed by atoms with Crippen molar-refractivity contribution >= 4 is 17.5 Å². The molecule has 0 N–H and O–H groups in total. The zero-order valence-corrected chi connectivity index (χ0v) is 14.4. The van der Waals surface area contributed by atoms with Gasteiger partial charge in [-0.1, -0.05) is 29.8 Å². The molecule has 1 aromatic carbocycles. The summed E-state index contributed by atoms with van der Waals surface area (Å²) in [6.45, 7) is 1.47. The maximum atomic E-state index is 12.5. The van der Waals surface area contributed by atoms with E-state index in [1.54, 1.807) is 6.07 Å². The average Bonchev–Trinajstić information content (AvgIpc) is 2.64. The first kappa shape index (κ1) is 16.7. The SMILES string of the molecule is COc1cc(C(=O)N2CCC(Cc3ccccc3Cl)CC2)ncn1. The highest BCUT2D eigenvalue weighted by Gasteiger charge is 2.25. The molecule has 6 heteroatoms. The van der Waals surface area contributed by atoms with E-state index >= 15 is 0 Å². The Morgan fingerprint density at radius 3 is 2.75 bits per heavy atom. The van der Waals surface area contributed by atoms with Gasteiger partial charge in [0.15, 0.2) is 0 Å². The monoisotopic (exact) mass is 345 g/mol. The molecule has 1 fully saturated rings. The quantitative estimate of drug-likeness (QED) is 0.853. The summed E-state index contributed by atoms with van der Waals surface area (Å²) in [5.74, 6) is 0.891. The number of benzene rings is 1. The molecule has 126 valence electrons. The number of nitrogens with zero attached hydrogens (tertiary/aromatic N) is 3. The van der Waals surface area contributed by atoms with Crippen LogP contribution in [0.25, 0.3) is 0 Å². The summed E-state index contributed by atoms with van der Waals surface area (Å²) in [6, 6.07) is 9.55. The van der Waals surface area contributed by atoms with Crippen LogP contribution >= 0.6 is 11.6 Å². The third-order valence-electron chi connectivity index (χ3n) is 4.44. The second-order valence-electron chi connectivity index (χ2n) is 5.98. The van der Waals surface area contributed by atoms with Crippen molar-refractivity contribution in [1.82, 2.24) is 14.9 Å². The lowest BCUT2D eigenvalue weighted by molar-refractivity contribution is 0.0684. The summed E-state index contributed by atoms with van der Waals surface area (Å²) < 4.78 is 5.05. The largest absolute Gasteiger partial charge is 0.481 e. The van der Waals surface area contributed by atoms with Gasteiger partial charge in [-0.15, -0.1) is 0 Å². The van der Waals surface area contributed by atoms with E-state index in [1.165, 1.54) is 19.0 Å². The number of aromatic nitrogens is 2. The number of halogens is 1. The van der Waals surface area contributed by atoms with E-state index in [-0.39, 0.29) is 5.91 Å². The van der Waals surface area contributed by atoms with Gasteiger partial charge in [0.2, 0.25) is 5.88 Å². The number of ether oxygens (including phenoxy) is 1. The number of methoxy groups -OCH3 is 1. The number of likely N-dealkylation sites (tertiary alicyclic amines) is 1. The van der Waals surface area contributed by atoms with Crippen molar-refractivity contribution in [2.45, 2.75) is 19.3 Å². The molecule has 0 radical (unpaired) electrons. The fourth-order valence-corrected chi connectivity index (χ4v) is 3.26. The van der Waals surface area contributed by atoms with Gasteiger partial charge < -0.3 is 9.64 Å². The van der Waals surface area contributed by atoms with Crippen LogP contribution in [-0.4, -0.2) is 41.0 Å². The maximum absolute atomic E-state index is 12.5. The first-order valence-corrected chi connectivity index (χ1v) is 8.44. The van der Waals surface area contributed by atoms with Gasteiger partial charge in [0.25, 0.3) is 5.91 Å². The fourth-order valence-electron chi connectivity index (χ4n) is 3.05. The molecule has 1 aliphatic rings. The van der Waals surface area contributed by atoms with Gasteiger partial charge in [-0.25, -0.2) is 9.97 Å². The average molecular weight is 346 g/mol. The number of carbonyl (C=O) groups is 1. The van der Waals surface area contributed by atoms with Crippen molar-refractivity contribution < 1.29 is 9.53 Å². The van der Waals surface area contributed by atoms with E-state index in [9.17, 15) is 4.79 Å². The third kappa shape index (κ3) is 3.85. The molecule has 2 heterocycles. The Morgan fingerprint density at radius 1 is 1.29 bits per heavy atom. The Morgan fingerprint density at radius 2 is 2.04 bits per heavy atom. The van der Waals surface area contributed by atoms with Gasteiger partial charge >= 0.3 is 0 Å². The highest BCUT2D eigenvalue weighted by atomic mass is 35.5. The predicted molar refractivity (Wildman–Crippen MR) is 92.4 cm³/mol. The number of hydrogen-bond donors (Lipinski definition) is 0. The first-order valence-electron chi connectivity index (χ1n) is 8.06. The molecule has 0 saturated carbocycles. The molecule has 1 aromatic heterocycles. The van der Waals surface area contributed by atoms with E-state index in [1.807, 2.05) is 23.1 Å². The van der Waals surface area contributed by atoms with Crippen LogP contribution in [0, 0.1) is 5.92 Å². The lowest BCUT2D eigenvalue weighted by atomic mass is 9.90. The Bertz CT molecular complexity index is 715. The van der Waals surface area contributed by atoms with E-state index in [2.05, 4.69) is 16.0 Å². The number of piperidine rings is 1. The molecule has 0 atom stereocenters. The lowest BCUT2D eigenvalue weighted by Crippen LogP contribution is -2.39. The molecule has 2 aromatic rings. The summed E-state index contributed by atoms with van der Waals surface area (Å²) in [4.78, 5) is 22.4. The summed E-state index contributed by atoms with van der Waals surface area (Å²) in [5, 5.41) is 0.823. The van der Waals surface area contributed by atoms with Crippen LogP contribution in [0.1, 0.15) is 28.9 Å². The Balaban J connectivity index is 1.58. The van der Waals surface area contributed by atoms with Crippen LogP contribution in [0.4, 0.5) is 0 Å². The van der Waals surface area contributed by atoms with Crippen LogP contribution < -0.4 is 4.74 Å². The molecule has 0 bridgehead atoms. The molecule has 1 aliphatic heterocycles. The highest BCUT2D eigenvalue weighted by Crippen LogP contribution is 2.26. The Kier molecular flexibility index (Phi) is 5.30. The van der Waals surface area contributed by atoms with Crippen molar-refractivity contribution in [3.8, 4) is 5.88 Å². The standard InChI is InChI=1S/C18H20ClN3O2/c1-24-17-11-16(20-12-21-17)18(23)22-8-6-13(7-9-22)10-14-4-2-3-5-15(14)19/h2-5,11-13H,6-10H2,1H3. The molecule has 0 spiro atoms. The minimum Gasteiger partial charge on any atom is -0.481 e. The molecule has 1 saturated heterocycles. The second-order valence-corrected chi connectivity index (χ2v) is 6.38. The second kappa shape index (κ2) is 7.62. The molecular formula is C18H20ClN3O2. The van der Waals surface area contributed by atoms with Gasteiger partial charge in [-0.05, 0) is 36.8 Å². The smallest absolute Gasteiger partial charge is 0.272 e. The first-order chi connectivity index (χ1) is 11.7. The maximum Gasteiger partial charge on any atom is 0.272 e. The Hall–Kier alpha value is -2.14. The topological polar surface area (TPSA) is 55.3 Å². The van der Waals surface area contributed by atoms with Crippen LogP contribution in [0.5, 0.6) is 5.88 Å². The molecule has 5 nitrogen and oxygen atoms in total. The predicted octanol–water partition coefficient (Wildman–Crippen LogP) is 3.23. The summed E-state index contributed by atoms with van der Waals surface area (Å²) in [6.07, 6.45) is 4.26. The fraction of sp³-hybridized carbons (Fsp3) is 0.389. The van der Waals surface area contributed by atoms with Crippen LogP contribution in [0.15, 0.2) is 36.7 Å². The molecule has 0 aliphatic carbocycles. The van der Waals surface area contributed by atoms with Crippen LogP contribution in [0.3, 0.4) is 0 Å². The molecule has 24 heavy (non-hydrogen) atoms. The van der Waals surface area contributed by atoms with Crippen molar-refractivity contribution in [3.05, 3.63) is 52.9 Å². The zero-order chi connectivity index (χ0) is 16.9. The van der Waals surface area contributed by atoms with Crippen molar-refractivity contribution in [2.24, 2.45) is 5.92 Å². The van der Waals surface area contributed by atoms with E-state index in [0.29, 0.717) is 17.5 Å². The zero-order valence-electron chi connectivity index (χ0n) is 13.6. The number of carbonyl (C=O) groups excluding carboxylic acids is 1. The van der Waals surface area contributed by atoms with E-state index in [0.717, 1.165) is 37.4 Å². The molecule has 3 rings (SSSR count). The minimum atomic E-state index is -0.0631. The van der Waals surface area contributed by atoms with E-state index < -0.39 is 0 Å². The number of hydrogen-bond acceptors (Lipinski definition) is 4. The van der Waals surface area contributed by atoms with Gasteiger partial charge in [0, 0.05) is 24.2 Å². The number of rotatable bonds is 4. The van der Waals surface area contributed by atoms with Crippen molar-refractivity contribution in [3.63, 3.8) is 0 Å². The highest BCUT2D eigenvalue weighted by molar-refractivity contribution is 6.31. The normalized spacial score (nSPS) is 15.3. The Labute approximate surface area is 146 Å². The summed E-state index contributed by atoms with van der Waals surface area (Å²) in [5.41, 5.74) is 1.57. The van der Waals surface area contributed by atoms with E-state index in [4.69, 9.17) is 16.3 Å². The molecule has 1 amide bonds. The third-order valence-corrected chi connectivity index (χ3v) is 4.81. The van der Waals surface area contributed by atoms with Gasteiger partial charge in [-0.2, -0.15) is 0 Å². The molecular weight excluding hydrogens is 326 g/mol. The lowest BCUT2D eigenvalue weighted by Gasteiger charge is -2.32. The minimum absolute atomic E-state index is 0.0631. The van der Waals surface area contributed by atoms with Gasteiger partial charge in [0.1, 0.15) is 12.0 Å². The van der Waals surface area contributed by atoms with Crippen LogP contribution in [0.2, 0.25) is 5.02 Å². The van der Waals surface area contributed by atoms with Crippen molar-refractivity contribution in [2.75, 3.05) is 20.2 Å². The van der Waals surface area contributed by atoms with Crippen LogP contribution in [-0.2, 0) is 6.42 Å². The van der Waals surface area contributed by atoms with Gasteiger partial charge in [0.05, 0.1) is 7.11 Å². The molecule has 0 unspecified atom stereocenters. The summed E-state index contributed by atoms with van der Waals surface area (Å²) in [7, 11) is 1.52. The number of amides is 1. The van der Waals surface area contributed by atoms with Gasteiger partial charge in [-0.3, -0.25) is 4.79 Å².